The fraction of sp³-hybridized carbons (Fsp3) is 0.231. The van der Waals surface area contributed by atoms with E-state index in [1.54, 1.807) is 6.21 Å². The van der Waals surface area contributed by atoms with Gasteiger partial charge >= 0.3 is 0 Å². The van der Waals surface area contributed by atoms with Crippen LogP contribution in [0.3, 0.4) is 0 Å². The van der Waals surface area contributed by atoms with Crippen molar-refractivity contribution in [2.24, 2.45) is 5.10 Å². The lowest BCUT2D eigenvalue weighted by Gasteiger charge is -2.08. The van der Waals surface area contributed by atoms with E-state index >= 15 is 0 Å². The summed E-state index contributed by atoms with van der Waals surface area (Å²) >= 11 is 0. The smallest absolute Gasteiger partial charge is 0.277 e. The highest BCUT2D eigenvalue weighted by Crippen LogP contribution is 2.29. The van der Waals surface area contributed by atoms with Crippen molar-refractivity contribution in [2.45, 2.75) is 33.2 Å². The van der Waals surface area contributed by atoms with E-state index in [0.29, 0.717) is 11.7 Å². The van der Waals surface area contributed by atoms with E-state index in [1.165, 1.54) is 27.4 Å². The van der Waals surface area contributed by atoms with Gasteiger partial charge < -0.3 is 9.30 Å². The van der Waals surface area contributed by atoms with Gasteiger partial charge in [-0.3, -0.25) is 4.79 Å². The Hall–Kier alpha value is -3.60. The zero-order valence-corrected chi connectivity index (χ0v) is 18.1. The highest BCUT2D eigenvalue weighted by Gasteiger charge is 2.09. The number of amides is 1. The van der Waals surface area contributed by atoms with E-state index in [2.05, 4.69) is 72.3 Å². The molecule has 1 heterocycles. The number of aryl methyl sites for hydroxylation is 1. The van der Waals surface area contributed by atoms with Gasteiger partial charge in [0.25, 0.3) is 5.91 Å². The van der Waals surface area contributed by atoms with Crippen molar-refractivity contribution >= 4 is 33.9 Å². The van der Waals surface area contributed by atoms with Gasteiger partial charge in [0.05, 0.1) is 6.21 Å². The quantitative estimate of drug-likeness (QED) is 0.323. The summed E-state index contributed by atoms with van der Waals surface area (Å²) in [7, 11) is 0. The van der Waals surface area contributed by atoms with E-state index in [0.717, 1.165) is 12.1 Å². The average molecular weight is 414 g/mol. The molecule has 0 unspecified atom stereocenters. The van der Waals surface area contributed by atoms with E-state index in [-0.39, 0.29) is 12.5 Å². The minimum absolute atomic E-state index is 0.0820. The Bertz CT molecular complexity index is 1240. The third-order valence-electron chi connectivity index (χ3n) is 5.43. The molecule has 5 nitrogen and oxygen atoms in total. The third kappa shape index (κ3) is 4.45. The maximum atomic E-state index is 12.1. The van der Waals surface area contributed by atoms with Crippen LogP contribution in [0, 0.1) is 0 Å². The van der Waals surface area contributed by atoms with Crippen LogP contribution in [0.15, 0.2) is 71.8 Å². The molecule has 0 bridgehead atoms. The molecule has 31 heavy (non-hydrogen) atoms. The molecule has 0 atom stereocenters. The van der Waals surface area contributed by atoms with Crippen LogP contribution >= 0.6 is 0 Å². The maximum absolute atomic E-state index is 12.1. The number of carbonyl (C=O) groups excluding carboxylic acids is 1. The molecule has 3 aromatic carbocycles. The maximum Gasteiger partial charge on any atom is 0.277 e. The topological polar surface area (TPSA) is 55.6 Å². The van der Waals surface area contributed by atoms with Crippen molar-refractivity contribution in [2.75, 3.05) is 6.61 Å². The summed E-state index contributed by atoms with van der Waals surface area (Å²) in [5, 5.41) is 6.49. The molecule has 4 aromatic rings. The van der Waals surface area contributed by atoms with Crippen LogP contribution in [-0.4, -0.2) is 23.3 Å². The highest BCUT2D eigenvalue weighted by molar-refractivity contribution is 6.09. The van der Waals surface area contributed by atoms with Gasteiger partial charge in [0.1, 0.15) is 5.75 Å². The lowest BCUT2D eigenvalue weighted by Crippen LogP contribution is -2.24. The molecule has 0 aliphatic carbocycles. The first-order valence-corrected chi connectivity index (χ1v) is 10.6. The van der Waals surface area contributed by atoms with E-state index in [1.807, 2.05) is 30.3 Å². The van der Waals surface area contributed by atoms with Gasteiger partial charge in [-0.1, -0.05) is 50.2 Å². The Morgan fingerprint density at radius 2 is 1.77 bits per heavy atom. The molecule has 1 amide bonds. The number of hydrazone groups is 1. The number of hydrogen-bond donors (Lipinski definition) is 1. The summed E-state index contributed by atoms with van der Waals surface area (Å²) in [6.07, 6.45) is 1.66. The van der Waals surface area contributed by atoms with Gasteiger partial charge in [-0.2, -0.15) is 5.10 Å². The molecular weight excluding hydrogens is 386 g/mol. The third-order valence-corrected chi connectivity index (χ3v) is 5.43. The minimum Gasteiger partial charge on any atom is -0.484 e. The molecule has 5 heteroatoms. The van der Waals surface area contributed by atoms with E-state index in [4.69, 9.17) is 4.74 Å². The molecular formula is C26H27N3O2. The number of nitrogens with one attached hydrogen (secondary N) is 1. The van der Waals surface area contributed by atoms with Crippen LogP contribution in [0.1, 0.15) is 37.8 Å². The van der Waals surface area contributed by atoms with Gasteiger partial charge in [0.2, 0.25) is 0 Å². The molecule has 0 fully saturated rings. The van der Waals surface area contributed by atoms with Crippen LogP contribution in [0.25, 0.3) is 21.8 Å². The Morgan fingerprint density at radius 3 is 2.52 bits per heavy atom. The number of fused-ring (bicyclic) bond motifs is 3. The second-order valence-electron chi connectivity index (χ2n) is 7.84. The lowest BCUT2D eigenvalue weighted by molar-refractivity contribution is -0.123. The van der Waals surface area contributed by atoms with E-state index < -0.39 is 0 Å². The zero-order chi connectivity index (χ0) is 21.8. The van der Waals surface area contributed by atoms with Crippen molar-refractivity contribution in [1.29, 1.82) is 0 Å². The molecule has 4 rings (SSSR count). The summed E-state index contributed by atoms with van der Waals surface area (Å²) in [5.41, 5.74) is 7.12. The van der Waals surface area contributed by atoms with Gasteiger partial charge in [0, 0.05) is 28.4 Å². The molecule has 0 radical (unpaired) electrons. The van der Waals surface area contributed by atoms with Crippen molar-refractivity contribution in [3.8, 4) is 5.75 Å². The first-order chi connectivity index (χ1) is 15.1. The van der Waals surface area contributed by atoms with E-state index in [9.17, 15) is 4.79 Å². The van der Waals surface area contributed by atoms with Crippen LogP contribution in [0.2, 0.25) is 0 Å². The minimum atomic E-state index is -0.298. The molecule has 1 N–H and O–H groups in total. The summed E-state index contributed by atoms with van der Waals surface area (Å²) in [6.45, 7) is 7.26. The second-order valence-corrected chi connectivity index (χ2v) is 7.84. The summed E-state index contributed by atoms with van der Waals surface area (Å²) in [4.78, 5) is 12.1. The molecule has 158 valence electrons. The van der Waals surface area contributed by atoms with Crippen molar-refractivity contribution < 1.29 is 9.53 Å². The Kier molecular flexibility index (Phi) is 6.03. The van der Waals surface area contributed by atoms with Crippen LogP contribution in [-0.2, 0) is 11.3 Å². The first-order valence-electron chi connectivity index (χ1n) is 10.6. The predicted octanol–water partition coefficient (Wildman–Crippen LogP) is 5.47. The summed E-state index contributed by atoms with van der Waals surface area (Å²) < 4.78 is 7.84. The zero-order valence-electron chi connectivity index (χ0n) is 18.1. The second kappa shape index (κ2) is 9.04. The Labute approximate surface area is 182 Å². The number of benzene rings is 3. The standard InChI is InChI=1S/C26H27N3O2/c1-4-29-24-8-6-5-7-22(24)23-15-19(9-14-25(23)29)16-27-28-26(30)17-31-21-12-10-20(11-13-21)18(2)3/h5-16,18H,4,17H2,1-3H3,(H,28,30)/b27-16+. The number of hydrogen-bond acceptors (Lipinski definition) is 3. The van der Waals surface area contributed by atoms with Crippen LogP contribution in [0.5, 0.6) is 5.75 Å². The summed E-state index contributed by atoms with van der Waals surface area (Å²) in [6, 6.07) is 22.4. The monoisotopic (exact) mass is 413 g/mol. The fourth-order valence-corrected chi connectivity index (χ4v) is 3.80. The van der Waals surface area contributed by atoms with Gasteiger partial charge in [-0.25, -0.2) is 5.43 Å². The number of rotatable bonds is 7. The normalized spacial score (nSPS) is 11.6. The summed E-state index contributed by atoms with van der Waals surface area (Å²) in [5.74, 6) is 0.832. The Balaban J connectivity index is 1.40. The lowest BCUT2D eigenvalue weighted by atomic mass is 10.0. The van der Waals surface area contributed by atoms with Gasteiger partial charge in [-0.05, 0) is 54.3 Å². The number of nitrogens with zero attached hydrogens (tertiary/aromatic N) is 2. The molecule has 0 aliphatic rings. The number of para-hydroxylation sites is 1. The Morgan fingerprint density at radius 1 is 1.03 bits per heavy atom. The number of aromatic nitrogens is 1. The largest absolute Gasteiger partial charge is 0.484 e. The molecule has 0 spiro atoms. The molecule has 1 aromatic heterocycles. The van der Waals surface area contributed by atoms with Crippen molar-refractivity contribution in [1.82, 2.24) is 9.99 Å². The predicted molar refractivity (Wildman–Crippen MR) is 127 cm³/mol. The fourth-order valence-electron chi connectivity index (χ4n) is 3.80. The number of ether oxygens (including phenoxy) is 1. The molecule has 0 saturated heterocycles. The van der Waals surface area contributed by atoms with Crippen molar-refractivity contribution in [3.05, 3.63) is 77.9 Å². The number of carbonyl (C=O) groups is 1. The first kappa shape index (κ1) is 20.7. The highest BCUT2D eigenvalue weighted by atomic mass is 16.5. The van der Waals surface area contributed by atoms with Crippen molar-refractivity contribution in [3.63, 3.8) is 0 Å². The van der Waals surface area contributed by atoms with Gasteiger partial charge in [0.15, 0.2) is 6.61 Å². The van der Waals surface area contributed by atoms with Gasteiger partial charge in [-0.15, -0.1) is 0 Å². The van der Waals surface area contributed by atoms with Crippen LogP contribution < -0.4 is 10.2 Å². The average Bonchev–Trinajstić information content (AvgIpc) is 3.11. The SMILES string of the molecule is CCn1c2ccccc2c2cc(/C=N/NC(=O)COc3ccc(C(C)C)cc3)ccc21. The molecule has 0 aliphatic heterocycles. The van der Waals surface area contributed by atoms with Crippen LogP contribution in [0.4, 0.5) is 0 Å². The molecule has 0 saturated carbocycles.